The molecule has 0 unspecified atom stereocenters. The third kappa shape index (κ3) is 4.67. The van der Waals surface area contributed by atoms with Crippen molar-refractivity contribution in [2.75, 3.05) is 0 Å². The topological polar surface area (TPSA) is 22.1 Å². The first-order chi connectivity index (χ1) is 15.3. The number of halogens is 5. The fourth-order valence-electron chi connectivity index (χ4n) is 4.31. The predicted molar refractivity (Wildman–Crippen MR) is 110 cm³/mol. The zero-order valence-corrected chi connectivity index (χ0v) is 17.4. The molecule has 2 aromatic carbocycles. The molecule has 1 heterocycles. The monoisotopic (exact) mass is 447 g/mol. The largest absolute Gasteiger partial charge is 0.416 e. The summed E-state index contributed by atoms with van der Waals surface area (Å²) in [7, 11) is 0. The minimum absolute atomic E-state index is 0.0454. The van der Waals surface area contributed by atoms with Gasteiger partial charge < -0.3 is 4.74 Å². The number of fused-ring (bicyclic) bond motifs is 1. The van der Waals surface area contributed by atoms with E-state index >= 15 is 0 Å². The molecule has 1 aliphatic carbocycles. The zero-order chi connectivity index (χ0) is 22.9. The van der Waals surface area contributed by atoms with E-state index in [4.69, 9.17) is 4.74 Å². The fourth-order valence-corrected chi connectivity index (χ4v) is 4.31. The van der Waals surface area contributed by atoms with Crippen LogP contribution in [0.1, 0.15) is 58.9 Å². The van der Waals surface area contributed by atoms with Gasteiger partial charge in [0, 0.05) is 6.20 Å². The van der Waals surface area contributed by atoms with Crippen LogP contribution in [0.4, 0.5) is 22.0 Å². The molecule has 0 saturated carbocycles. The Kier molecular flexibility index (Phi) is 6.29. The van der Waals surface area contributed by atoms with Gasteiger partial charge in [-0.25, -0.2) is 8.78 Å². The van der Waals surface area contributed by atoms with E-state index in [9.17, 15) is 22.0 Å². The maximum Gasteiger partial charge on any atom is 0.416 e. The van der Waals surface area contributed by atoms with Crippen LogP contribution in [0.2, 0.25) is 0 Å². The Bertz CT molecular complexity index is 1080. The van der Waals surface area contributed by atoms with E-state index in [1.54, 1.807) is 25.3 Å². The Hall–Kier alpha value is -2.80. The van der Waals surface area contributed by atoms with Gasteiger partial charge in [-0.3, -0.25) is 4.98 Å². The second-order valence-corrected chi connectivity index (χ2v) is 8.03. The maximum absolute atomic E-state index is 13.5. The van der Waals surface area contributed by atoms with Gasteiger partial charge in [-0.15, -0.1) is 0 Å². The molecular formula is C25H22F5NO. The number of rotatable bonds is 5. The highest BCUT2D eigenvalue weighted by Crippen LogP contribution is 2.40. The first-order valence-corrected chi connectivity index (χ1v) is 10.4. The number of hydrogen-bond donors (Lipinski definition) is 0. The number of alkyl halides is 4. The number of ether oxygens (including phenoxy) is 1. The summed E-state index contributed by atoms with van der Waals surface area (Å²) in [6, 6.07) is 13.2. The smallest absolute Gasteiger partial charge is 0.370 e. The average molecular weight is 447 g/mol. The predicted octanol–water partition coefficient (Wildman–Crippen LogP) is 6.93. The number of aryl methyl sites for hydroxylation is 1. The Labute approximate surface area is 183 Å². The van der Waals surface area contributed by atoms with Crippen LogP contribution in [-0.2, 0) is 24.0 Å². The van der Waals surface area contributed by atoms with Crippen molar-refractivity contribution in [3.63, 3.8) is 0 Å². The lowest BCUT2D eigenvalue weighted by molar-refractivity contribution is -0.137. The number of nitrogens with zero attached hydrogens (tertiary/aromatic N) is 1. The van der Waals surface area contributed by atoms with E-state index in [-0.39, 0.29) is 29.0 Å². The lowest BCUT2D eigenvalue weighted by atomic mass is 9.79. The second kappa shape index (κ2) is 8.98. The van der Waals surface area contributed by atoms with Crippen molar-refractivity contribution in [3.8, 4) is 0 Å². The molecule has 0 saturated heterocycles. The Morgan fingerprint density at radius 2 is 1.84 bits per heavy atom. The standard InChI is InChI=1S/C25H22F5NO/c1-15(19-11-16(14-26)12-20(13-19)25(28,29)30)32-22-9-6-18-3-2-10-31-24(18)23(22)17-4-7-21(27)8-5-17/h2-5,7-8,10-13,15,22-23H,6,9,14H2,1H3/t15-,22-,23+/m0/s1. The summed E-state index contributed by atoms with van der Waals surface area (Å²) in [6.07, 6.45) is -2.66. The summed E-state index contributed by atoms with van der Waals surface area (Å²) in [5.74, 6) is -0.659. The van der Waals surface area contributed by atoms with Crippen molar-refractivity contribution in [2.45, 2.75) is 50.7 Å². The van der Waals surface area contributed by atoms with E-state index in [0.29, 0.717) is 12.8 Å². The van der Waals surface area contributed by atoms with Crippen LogP contribution in [0.15, 0.2) is 60.8 Å². The van der Waals surface area contributed by atoms with Gasteiger partial charge in [-0.1, -0.05) is 24.3 Å². The second-order valence-electron chi connectivity index (χ2n) is 8.03. The molecule has 1 aromatic heterocycles. The summed E-state index contributed by atoms with van der Waals surface area (Å²) in [6.45, 7) is 0.662. The maximum atomic E-state index is 13.5. The Balaban J connectivity index is 1.67. The van der Waals surface area contributed by atoms with Crippen molar-refractivity contribution < 1.29 is 26.7 Å². The van der Waals surface area contributed by atoms with Crippen LogP contribution in [0.25, 0.3) is 0 Å². The van der Waals surface area contributed by atoms with Gasteiger partial charge in [-0.2, -0.15) is 13.2 Å². The van der Waals surface area contributed by atoms with Crippen LogP contribution in [0.5, 0.6) is 0 Å². The number of benzene rings is 2. The molecule has 0 aliphatic heterocycles. The van der Waals surface area contributed by atoms with Crippen LogP contribution in [0, 0.1) is 5.82 Å². The van der Waals surface area contributed by atoms with Crippen LogP contribution < -0.4 is 0 Å². The molecule has 0 bridgehead atoms. The summed E-state index contributed by atoms with van der Waals surface area (Å²) in [5.41, 5.74) is 2.01. The van der Waals surface area contributed by atoms with E-state index in [0.717, 1.165) is 29.0 Å². The first kappa shape index (κ1) is 22.4. The van der Waals surface area contributed by atoms with Crippen LogP contribution >= 0.6 is 0 Å². The minimum Gasteiger partial charge on any atom is -0.370 e. The van der Waals surface area contributed by atoms with Gasteiger partial charge in [0.1, 0.15) is 12.5 Å². The van der Waals surface area contributed by atoms with Crippen LogP contribution in [0.3, 0.4) is 0 Å². The van der Waals surface area contributed by atoms with Gasteiger partial charge in [-0.05, 0) is 72.4 Å². The van der Waals surface area contributed by atoms with Crippen LogP contribution in [-0.4, -0.2) is 11.1 Å². The zero-order valence-electron chi connectivity index (χ0n) is 17.4. The minimum atomic E-state index is -4.58. The summed E-state index contributed by atoms with van der Waals surface area (Å²) >= 11 is 0. The molecule has 4 rings (SSSR count). The fraction of sp³-hybridized carbons (Fsp3) is 0.320. The van der Waals surface area contributed by atoms with Gasteiger partial charge >= 0.3 is 6.18 Å². The summed E-state index contributed by atoms with van der Waals surface area (Å²) < 4.78 is 72.9. The Morgan fingerprint density at radius 3 is 2.53 bits per heavy atom. The normalized spacial score (nSPS) is 19.4. The van der Waals surface area contributed by atoms with Crippen molar-refractivity contribution in [2.24, 2.45) is 0 Å². The Morgan fingerprint density at radius 1 is 1.09 bits per heavy atom. The van der Waals surface area contributed by atoms with Crippen molar-refractivity contribution in [1.29, 1.82) is 0 Å². The molecule has 0 amide bonds. The molecule has 3 aromatic rings. The number of hydrogen-bond acceptors (Lipinski definition) is 2. The van der Waals surface area contributed by atoms with Crippen molar-refractivity contribution in [1.82, 2.24) is 4.98 Å². The van der Waals surface area contributed by atoms with E-state index in [1.165, 1.54) is 18.2 Å². The molecule has 0 spiro atoms. The molecule has 2 nitrogen and oxygen atoms in total. The summed E-state index contributed by atoms with van der Waals surface area (Å²) in [4.78, 5) is 4.53. The van der Waals surface area contributed by atoms with E-state index in [1.807, 2.05) is 12.1 Å². The highest BCUT2D eigenvalue weighted by molar-refractivity contribution is 5.38. The molecule has 1 aliphatic rings. The SMILES string of the molecule is C[C@H](O[C@H]1CCc2cccnc2[C@@H]1c1ccc(F)cc1)c1cc(CF)cc(C(F)(F)F)c1. The molecule has 0 N–H and O–H groups in total. The molecule has 7 heteroatoms. The molecule has 0 radical (unpaired) electrons. The first-order valence-electron chi connectivity index (χ1n) is 10.4. The van der Waals surface area contributed by atoms with Gasteiger partial charge in [0.05, 0.1) is 29.4 Å². The van der Waals surface area contributed by atoms with Crippen molar-refractivity contribution in [3.05, 3.63) is 100 Å². The van der Waals surface area contributed by atoms with Gasteiger partial charge in [0.2, 0.25) is 0 Å². The molecular weight excluding hydrogens is 425 g/mol. The molecule has 3 atom stereocenters. The number of aromatic nitrogens is 1. The average Bonchev–Trinajstić information content (AvgIpc) is 2.78. The van der Waals surface area contributed by atoms with E-state index < -0.39 is 24.5 Å². The van der Waals surface area contributed by atoms with E-state index in [2.05, 4.69) is 4.98 Å². The molecule has 0 fully saturated rings. The molecule has 168 valence electrons. The lowest BCUT2D eigenvalue weighted by Crippen LogP contribution is -2.31. The third-order valence-electron chi connectivity index (χ3n) is 5.86. The lowest BCUT2D eigenvalue weighted by Gasteiger charge is -2.35. The third-order valence-corrected chi connectivity index (χ3v) is 5.86. The van der Waals surface area contributed by atoms with Gasteiger partial charge in [0.15, 0.2) is 0 Å². The quantitative estimate of drug-likeness (QED) is 0.396. The summed E-state index contributed by atoms with van der Waals surface area (Å²) in [5, 5.41) is 0. The highest BCUT2D eigenvalue weighted by atomic mass is 19.4. The van der Waals surface area contributed by atoms with Gasteiger partial charge in [0.25, 0.3) is 0 Å². The number of pyridine rings is 1. The van der Waals surface area contributed by atoms with Crippen molar-refractivity contribution >= 4 is 0 Å². The molecule has 32 heavy (non-hydrogen) atoms. The highest BCUT2D eigenvalue weighted by Gasteiger charge is 2.35.